The molecule has 1 aliphatic heterocycles. The van der Waals surface area contributed by atoms with Crippen LogP contribution in [0.1, 0.15) is 118 Å². The van der Waals surface area contributed by atoms with Crippen molar-refractivity contribution in [3.05, 3.63) is 46.5 Å². The van der Waals surface area contributed by atoms with E-state index in [9.17, 15) is 4.79 Å². The van der Waals surface area contributed by atoms with Crippen molar-refractivity contribution in [3.8, 4) is 0 Å². The van der Waals surface area contributed by atoms with Crippen molar-refractivity contribution in [3.63, 3.8) is 0 Å². The molecule has 1 aliphatic rings. The van der Waals surface area contributed by atoms with Gasteiger partial charge in [-0.1, -0.05) is 95.2 Å². The fraction of sp³-hybridized carbons (Fsp3) is 0.594. The molecule has 0 saturated carbocycles. The number of nitrogens with zero attached hydrogens (tertiary/aromatic N) is 1. The fourth-order valence-electron chi connectivity index (χ4n) is 4.91. The molecule has 37 heavy (non-hydrogen) atoms. The number of benzene rings is 2. The minimum Gasteiger partial charge on any atom is -0.403 e. The number of amides is 1. The van der Waals surface area contributed by atoms with E-state index in [1.54, 1.807) is 0 Å². The molecule has 5 heteroatoms. The Bertz CT molecular complexity index is 1310. The highest BCUT2D eigenvalue weighted by Crippen LogP contribution is 2.46. The Labute approximate surface area is 224 Å². The van der Waals surface area contributed by atoms with Crippen molar-refractivity contribution < 1.29 is 13.2 Å². The molecule has 0 radical (unpaired) electrons. The first-order valence-electron chi connectivity index (χ1n) is 13.6. The Balaban J connectivity index is 2.35. The van der Waals surface area contributed by atoms with Crippen molar-refractivity contribution in [2.75, 3.05) is 11.2 Å². The van der Waals surface area contributed by atoms with Gasteiger partial charge in [0.15, 0.2) is 0 Å². The highest BCUT2D eigenvalue weighted by Gasteiger charge is 2.31. The molecular formula is C32H46NO3P. The molecule has 202 valence electrons. The first-order chi connectivity index (χ1) is 16.8. The highest BCUT2D eigenvalue weighted by molar-refractivity contribution is 7.40. The summed E-state index contributed by atoms with van der Waals surface area (Å²) in [5.74, 6) is 0.114. The van der Waals surface area contributed by atoms with Gasteiger partial charge in [0.2, 0.25) is 5.91 Å². The number of hydrogen-bond donors (Lipinski definition) is 0. The summed E-state index contributed by atoms with van der Waals surface area (Å²) in [6.45, 7) is 27.7. The minimum atomic E-state index is -1.63. The van der Waals surface area contributed by atoms with Gasteiger partial charge in [-0.3, -0.25) is 4.79 Å². The van der Waals surface area contributed by atoms with E-state index in [2.05, 4.69) is 107 Å². The van der Waals surface area contributed by atoms with E-state index in [1.807, 2.05) is 4.67 Å². The van der Waals surface area contributed by atoms with Crippen molar-refractivity contribution in [2.24, 2.45) is 0 Å². The fourth-order valence-corrected chi connectivity index (χ4v) is 6.44. The van der Waals surface area contributed by atoms with E-state index in [-0.39, 0.29) is 27.6 Å². The molecule has 0 aliphatic carbocycles. The Morgan fingerprint density at radius 3 is 1.35 bits per heavy atom. The van der Waals surface area contributed by atoms with Crippen molar-refractivity contribution in [1.82, 2.24) is 0 Å². The lowest BCUT2D eigenvalue weighted by Gasteiger charge is -2.27. The third kappa shape index (κ3) is 5.37. The standard InChI is InChI=1S/C32H46NO3P/c1-29(2,3)20-16-22-23-17-21(30(4,5)6)19-25(32(10,11)12)28(23)36-37(33-15-13-14-26(33)34)35-27(22)24(18-20)31(7,8)9/h16-19H,13-15H2,1-12H3. The number of carbonyl (C=O) groups excluding carboxylic acids is 1. The highest BCUT2D eigenvalue weighted by atomic mass is 31.1. The van der Waals surface area contributed by atoms with Gasteiger partial charge in [-0.05, 0) is 51.3 Å². The largest absolute Gasteiger partial charge is 0.403 e. The number of fused-ring (bicyclic) bond motifs is 3. The van der Waals surface area contributed by atoms with Crippen LogP contribution in [-0.4, -0.2) is 12.5 Å². The summed E-state index contributed by atoms with van der Waals surface area (Å²) in [7, 11) is -1.63. The summed E-state index contributed by atoms with van der Waals surface area (Å²) in [5, 5.41) is 2.14. The Kier molecular flexibility index (Phi) is 6.72. The van der Waals surface area contributed by atoms with Gasteiger partial charge < -0.3 is 8.39 Å². The average molecular weight is 524 g/mol. The normalized spacial score (nSPS) is 15.8. The maximum atomic E-state index is 12.9. The summed E-state index contributed by atoms with van der Waals surface area (Å²) >= 11 is 0. The average Bonchev–Trinajstić information content (AvgIpc) is 3.08. The van der Waals surface area contributed by atoms with Crippen LogP contribution in [0, 0.1) is 0 Å². The molecule has 4 rings (SSSR count). The molecular weight excluding hydrogens is 477 g/mol. The predicted molar refractivity (Wildman–Crippen MR) is 158 cm³/mol. The van der Waals surface area contributed by atoms with Crippen LogP contribution in [-0.2, 0) is 26.5 Å². The Hall–Kier alpha value is -2.19. The van der Waals surface area contributed by atoms with Gasteiger partial charge in [0.05, 0.1) is 0 Å². The first kappa shape index (κ1) is 27.8. The third-order valence-electron chi connectivity index (χ3n) is 7.40. The van der Waals surface area contributed by atoms with Gasteiger partial charge in [-0.15, -0.1) is 0 Å². The minimum absolute atomic E-state index is 0.0352. The molecule has 0 N–H and O–H groups in total. The van der Waals surface area contributed by atoms with Crippen molar-refractivity contribution >= 4 is 36.0 Å². The van der Waals surface area contributed by atoms with Crippen molar-refractivity contribution in [2.45, 2.75) is 118 Å². The van der Waals surface area contributed by atoms with Crippen LogP contribution in [0.5, 0.6) is 0 Å². The van der Waals surface area contributed by atoms with Crippen molar-refractivity contribution in [1.29, 1.82) is 0 Å². The monoisotopic (exact) mass is 523 g/mol. The molecule has 0 unspecified atom stereocenters. The molecule has 2 heterocycles. The predicted octanol–water partition coefficient (Wildman–Crippen LogP) is 9.74. The van der Waals surface area contributed by atoms with Crippen LogP contribution >= 0.6 is 8.16 Å². The zero-order valence-corrected chi connectivity index (χ0v) is 25.9. The van der Waals surface area contributed by atoms with Crippen LogP contribution in [0.25, 0.3) is 21.9 Å². The lowest BCUT2D eigenvalue weighted by atomic mass is 9.77. The summed E-state index contributed by atoms with van der Waals surface area (Å²) in [6.07, 6.45) is 1.39. The molecule has 1 saturated heterocycles. The zero-order chi connectivity index (χ0) is 27.7. The second kappa shape index (κ2) is 8.94. The second-order valence-electron chi connectivity index (χ2n) is 14.8. The summed E-state index contributed by atoms with van der Waals surface area (Å²) < 4.78 is 15.6. The quantitative estimate of drug-likeness (QED) is 0.319. The van der Waals surface area contributed by atoms with Crippen LogP contribution in [0.15, 0.2) is 32.7 Å². The maximum Gasteiger partial charge on any atom is 0.343 e. The van der Waals surface area contributed by atoms with E-state index in [1.165, 1.54) is 11.1 Å². The SMILES string of the molecule is CC(C)(C)c1cc(C(C)(C)C)c2op(N3CCCC3=O)oc3c(C(C)(C)C)cc(C(C)(C)C)cc3c2c1. The maximum absolute atomic E-state index is 12.9. The van der Waals surface area contributed by atoms with E-state index < -0.39 is 8.16 Å². The lowest BCUT2D eigenvalue weighted by Crippen LogP contribution is -2.20. The summed E-state index contributed by atoms with van der Waals surface area (Å²) in [4.78, 5) is 12.9. The molecule has 2 aromatic carbocycles. The molecule has 1 amide bonds. The van der Waals surface area contributed by atoms with Crippen LogP contribution in [0.4, 0.5) is 0 Å². The van der Waals surface area contributed by atoms with Crippen LogP contribution in [0.2, 0.25) is 0 Å². The van der Waals surface area contributed by atoms with E-state index >= 15 is 0 Å². The van der Waals surface area contributed by atoms with Gasteiger partial charge in [0.25, 0.3) is 0 Å². The second-order valence-corrected chi connectivity index (χ2v) is 16.2. The first-order valence-corrected chi connectivity index (χ1v) is 14.8. The lowest BCUT2D eigenvalue weighted by molar-refractivity contribution is -0.116. The van der Waals surface area contributed by atoms with Gasteiger partial charge in [-0.25, -0.2) is 4.67 Å². The third-order valence-corrected chi connectivity index (χ3v) is 8.90. The summed E-state index contributed by atoms with van der Waals surface area (Å²) in [5.41, 5.74) is 6.19. The smallest absolute Gasteiger partial charge is 0.343 e. The van der Waals surface area contributed by atoms with E-state index in [0.29, 0.717) is 13.0 Å². The number of hydrogen-bond acceptors (Lipinski definition) is 3. The van der Waals surface area contributed by atoms with Gasteiger partial charge in [0.1, 0.15) is 11.2 Å². The number of carbonyl (C=O) groups is 1. The molecule has 4 nitrogen and oxygen atoms in total. The van der Waals surface area contributed by atoms with Gasteiger partial charge >= 0.3 is 8.16 Å². The molecule has 3 aromatic rings. The van der Waals surface area contributed by atoms with Gasteiger partial charge in [0, 0.05) is 34.9 Å². The van der Waals surface area contributed by atoms with E-state index in [4.69, 9.17) is 8.39 Å². The van der Waals surface area contributed by atoms with E-state index in [0.717, 1.165) is 39.5 Å². The molecule has 0 atom stereocenters. The number of rotatable bonds is 1. The van der Waals surface area contributed by atoms with Crippen LogP contribution < -0.4 is 4.67 Å². The topological polar surface area (TPSA) is 46.6 Å². The Morgan fingerprint density at radius 1 is 0.649 bits per heavy atom. The molecule has 0 bridgehead atoms. The van der Waals surface area contributed by atoms with Crippen LogP contribution in [0.3, 0.4) is 0 Å². The molecule has 1 fully saturated rings. The zero-order valence-electron chi connectivity index (χ0n) is 25.0. The van der Waals surface area contributed by atoms with Gasteiger partial charge in [-0.2, -0.15) is 0 Å². The summed E-state index contributed by atoms with van der Waals surface area (Å²) in [6, 6.07) is 9.22. The Morgan fingerprint density at radius 2 is 1.05 bits per heavy atom. The molecule has 1 aromatic heterocycles. The molecule has 0 spiro atoms.